The van der Waals surface area contributed by atoms with Crippen LogP contribution in [0.3, 0.4) is 0 Å². The second-order valence-electron chi connectivity index (χ2n) is 12.5. The minimum absolute atomic E-state index is 1.12. The summed E-state index contributed by atoms with van der Waals surface area (Å²) in [5, 5.41) is 7.75. The molecule has 10 aromatic rings. The van der Waals surface area contributed by atoms with Gasteiger partial charge in [-0.1, -0.05) is 115 Å². The van der Waals surface area contributed by atoms with Crippen molar-refractivity contribution < 1.29 is 0 Å². The van der Waals surface area contributed by atoms with Gasteiger partial charge >= 0.3 is 0 Å². The fourth-order valence-electron chi connectivity index (χ4n) is 7.67. The standard InChI is InChI=1S/C46H30N2S/c1-3-13-32(14-4-1)47(41-22-12-23-42-46(41)38-17-7-9-21-40(38)48(42)33-15-5-2-6-16-33)34-27-25-31(26-28-34)35-19-11-20-37-36(35)29-30-44-45(37)39-18-8-10-24-43(39)49-44/h1-30H. The molecule has 0 bridgehead atoms. The van der Waals surface area contributed by atoms with Crippen LogP contribution in [0.15, 0.2) is 182 Å². The SMILES string of the molecule is c1ccc(N(c2ccc(-c3cccc4c3ccc3sc5ccccc5c34)cc2)c2cccc3c2c2ccccc2n3-c2ccccc2)cc1. The minimum Gasteiger partial charge on any atom is -0.310 e. The number of hydrogen-bond acceptors (Lipinski definition) is 2. The maximum atomic E-state index is 2.40. The van der Waals surface area contributed by atoms with Gasteiger partial charge in [0.1, 0.15) is 0 Å². The van der Waals surface area contributed by atoms with E-state index in [0.717, 1.165) is 22.7 Å². The highest BCUT2D eigenvalue weighted by atomic mass is 32.1. The van der Waals surface area contributed by atoms with Crippen LogP contribution in [0.2, 0.25) is 0 Å². The molecule has 0 N–H and O–H groups in total. The maximum absolute atomic E-state index is 2.40. The number of thiophene rings is 1. The van der Waals surface area contributed by atoms with Gasteiger partial charge < -0.3 is 9.47 Å². The van der Waals surface area contributed by atoms with Gasteiger partial charge in [-0.25, -0.2) is 0 Å². The van der Waals surface area contributed by atoms with Gasteiger partial charge in [0.25, 0.3) is 0 Å². The van der Waals surface area contributed by atoms with E-state index in [9.17, 15) is 0 Å². The molecule has 0 aliphatic rings. The highest BCUT2D eigenvalue weighted by Gasteiger charge is 2.21. The van der Waals surface area contributed by atoms with Crippen LogP contribution in [0.5, 0.6) is 0 Å². The molecule has 0 spiro atoms. The Hall–Kier alpha value is -6.16. The molecular formula is C46H30N2S. The molecule has 2 aromatic heterocycles. The molecule has 0 aliphatic heterocycles. The fourth-order valence-corrected chi connectivity index (χ4v) is 8.79. The second-order valence-corrected chi connectivity index (χ2v) is 13.6. The molecule has 0 radical (unpaired) electrons. The number of anilines is 3. The predicted octanol–water partition coefficient (Wildman–Crippen LogP) is 13.4. The smallest absolute Gasteiger partial charge is 0.0562 e. The van der Waals surface area contributed by atoms with Crippen LogP contribution in [-0.2, 0) is 0 Å². The summed E-state index contributed by atoms with van der Waals surface area (Å²) in [6.45, 7) is 0. The quantitative estimate of drug-likeness (QED) is 0.181. The zero-order valence-electron chi connectivity index (χ0n) is 26.6. The van der Waals surface area contributed by atoms with Gasteiger partial charge in [-0.05, 0) is 88.6 Å². The Labute approximate surface area is 288 Å². The van der Waals surface area contributed by atoms with Crippen molar-refractivity contribution in [2.45, 2.75) is 0 Å². The summed E-state index contributed by atoms with van der Waals surface area (Å²) in [5.74, 6) is 0. The highest BCUT2D eigenvalue weighted by Crippen LogP contribution is 2.45. The summed E-state index contributed by atoms with van der Waals surface area (Å²) in [5.41, 5.74) is 9.39. The van der Waals surface area contributed by atoms with E-state index in [1.165, 1.54) is 63.9 Å². The first-order valence-electron chi connectivity index (χ1n) is 16.7. The van der Waals surface area contributed by atoms with Crippen LogP contribution in [0.1, 0.15) is 0 Å². The van der Waals surface area contributed by atoms with Crippen LogP contribution in [0, 0.1) is 0 Å². The lowest BCUT2D eigenvalue weighted by Gasteiger charge is -2.26. The molecular weight excluding hydrogens is 613 g/mol. The van der Waals surface area contributed by atoms with Crippen LogP contribution < -0.4 is 4.90 Å². The van der Waals surface area contributed by atoms with Gasteiger partial charge in [0.15, 0.2) is 0 Å². The van der Waals surface area contributed by atoms with Crippen molar-refractivity contribution in [3.05, 3.63) is 182 Å². The Balaban J connectivity index is 1.16. The first-order chi connectivity index (χ1) is 24.3. The van der Waals surface area contributed by atoms with Crippen molar-refractivity contribution in [3.8, 4) is 16.8 Å². The molecule has 0 unspecified atom stereocenters. The van der Waals surface area contributed by atoms with Crippen molar-refractivity contribution in [1.29, 1.82) is 0 Å². The normalized spacial score (nSPS) is 11.7. The third-order valence-corrected chi connectivity index (χ3v) is 10.9. The highest BCUT2D eigenvalue weighted by molar-refractivity contribution is 7.26. The van der Waals surface area contributed by atoms with E-state index in [2.05, 4.69) is 191 Å². The number of para-hydroxylation sites is 3. The summed E-state index contributed by atoms with van der Waals surface area (Å²) in [4.78, 5) is 2.40. The van der Waals surface area contributed by atoms with Crippen molar-refractivity contribution >= 4 is 81.1 Å². The fraction of sp³-hybridized carbons (Fsp3) is 0. The average molecular weight is 643 g/mol. The van der Waals surface area contributed by atoms with Crippen LogP contribution in [0.4, 0.5) is 17.1 Å². The van der Waals surface area contributed by atoms with Gasteiger partial charge in [-0.2, -0.15) is 0 Å². The molecule has 10 rings (SSSR count). The lowest BCUT2D eigenvalue weighted by molar-refractivity contribution is 1.18. The lowest BCUT2D eigenvalue weighted by atomic mass is 9.95. The average Bonchev–Trinajstić information content (AvgIpc) is 3.72. The first kappa shape index (κ1) is 27.9. The summed E-state index contributed by atoms with van der Waals surface area (Å²) in [6, 6.07) is 66.0. The van der Waals surface area contributed by atoms with E-state index in [4.69, 9.17) is 0 Å². The van der Waals surface area contributed by atoms with E-state index in [1.807, 2.05) is 11.3 Å². The molecule has 2 heterocycles. The Morgan fingerprint density at radius 1 is 0.388 bits per heavy atom. The zero-order chi connectivity index (χ0) is 32.3. The van der Waals surface area contributed by atoms with Crippen LogP contribution in [0.25, 0.3) is 69.6 Å². The number of aromatic nitrogens is 1. The van der Waals surface area contributed by atoms with E-state index in [0.29, 0.717) is 0 Å². The van der Waals surface area contributed by atoms with Crippen molar-refractivity contribution in [3.63, 3.8) is 0 Å². The number of nitrogens with zero attached hydrogens (tertiary/aromatic N) is 2. The van der Waals surface area contributed by atoms with Gasteiger partial charge in [0, 0.05) is 48.0 Å². The Morgan fingerprint density at radius 2 is 1.04 bits per heavy atom. The zero-order valence-corrected chi connectivity index (χ0v) is 27.4. The molecule has 0 aliphatic carbocycles. The van der Waals surface area contributed by atoms with Gasteiger partial charge in [-0.3, -0.25) is 0 Å². The van der Waals surface area contributed by atoms with E-state index in [1.54, 1.807) is 0 Å². The van der Waals surface area contributed by atoms with Crippen LogP contribution >= 0.6 is 11.3 Å². The van der Waals surface area contributed by atoms with E-state index >= 15 is 0 Å². The molecule has 0 saturated heterocycles. The number of rotatable bonds is 5. The Bertz CT molecular complexity index is 2810. The van der Waals surface area contributed by atoms with Gasteiger partial charge in [0.2, 0.25) is 0 Å². The van der Waals surface area contributed by atoms with Gasteiger partial charge in [-0.15, -0.1) is 11.3 Å². The third kappa shape index (κ3) is 4.40. The maximum Gasteiger partial charge on any atom is 0.0562 e. The summed E-state index contributed by atoms with van der Waals surface area (Å²) < 4.78 is 5.05. The Morgan fingerprint density at radius 3 is 1.88 bits per heavy atom. The van der Waals surface area contributed by atoms with Crippen molar-refractivity contribution in [1.82, 2.24) is 4.57 Å². The molecule has 3 heteroatoms. The Kier molecular flexibility index (Phi) is 6.39. The third-order valence-electron chi connectivity index (χ3n) is 9.78. The van der Waals surface area contributed by atoms with Crippen LogP contribution in [-0.4, -0.2) is 4.57 Å². The van der Waals surface area contributed by atoms with E-state index in [-0.39, 0.29) is 0 Å². The molecule has 0 atom stereocenters. The van der Waals surface area contributed by atoms with Gasteiger partial charge in [0.05, 0.1) is 16.7 Å². The number of hydrogen-bond donors (Lipinski definition) is 0. The lowest BCUT2D eigenvalue weighted by Crippen LogP contribution is -2.10. The van der Waals surface area contributed by atoms with Crippen molar-refractivity contribution in [2.24, 2.45) is 0 Å². The minimum atomic E-state index is 1.12. The first-order valence-corrected chi connectivity index (χ1v) is 17.5. The molecule has 49 heavy (non-hydrogen) atoms. The second kappa shape index (κ2) is 11.2. The number of fused-ring (bicyclic) bond motifs is 8. The molecule has 0 fully saturated rings. The largest absolute Gasteiger partial charge is 0.310 e. The monoisotopic (exact) mass is 642 g/mol. The predicted molar refractivity (Wildman–Crippen MR) is 211 cm³/mol. The van der Waals surface area contributed by atoms with Crippen molar-refractivity contribution in [2.75, 3.05) is 4.90 Å². The summed E-state index contributed by atoms with van der Waals surface area (Å²) >= 11 is 1.87. The molecule has 8 aromatic carbocycles. The molecule has 0 amide bonds. The molecule has 2 nitrogen and oxygen atoms in total. The summed E-state index contributed by atoms with van der Waals surface area (Å²) in [7, 11) is 0. The number of benzene rings is 8. The van der Waals surface area contributed by atoms with E-state index < -0.39 is 0 Å². The topological polar surface area (TPSA) is 8.17 Å². The molecule has 230 valence electrons. The molecule has 0 saturated carbocycles. The summed E-state index contributed by atoms with van der Waals surface area (Å²) in [6.07, 6.45) is 0.